The molecule has 1 aromatic carbocycles. The van der Waals surface area contributed by atoms with Gasteiger partial charge in [0.05, 0.1) is 11.8 Å². The van der Waals surface area contributed by atoms with Crippen molar-refractivity contribution >= 4 is 29.6 Å². The van der Waals surface area contributed by atoms with Crippen molar-refractivity contribution < 1.29 is 4.79 Å². The Hall–Kier alpha value is -0.810. The minimum atomic E-state index is 0.208. The fourth-order valence-electron chi connectivity index (χ4n) is 2.23. The van der Waals surface area contributed by atoms with E-state index < -0.39 is 0 Å². The van der Waals surface area contributed by atoms with Crippen LogP contribution in [0.1, 0.15) is 11.1 Å². The van der Waals surface area contributed by atoms with Crippen LogP contribution >= 0.6 is 23.5 Å². The highest BCUT2D eigenvalue weighted by Gasteiger charge is 2.27. The van der Waals surface area contributed by atoms with Crippen LogP contribution in [0.5, 0.6) is 0 Å². The van der Waals surface area contributed by atoms with E-state index >= 15 is 0 Å². The Kier molecular flexibility index (Phi) is 3.70. The lowest BCUT2D eigenvalue weighted by Crippen LogP contribution is -2.31. The lowest BCUT2D eigenvalue weighted by Gasteiger charge is -2.19. The molecule has 0 atom stereocenters. The quantitative estimate of drug-likeness (QED) is 0.730. The van der Waals surface area contributed by atoms with Gasteiger partial charge >= 0.3 is 6.03 Å². The summed E-state index contributed by atoms with van der Waals surface area (Å²) in [5.74, 6) is 3.60. The third-order valence-corrected chi connectivity index (χ3v) is 5.27. The minimum absolute atomic E-state index is 0.208. The van der Waals surface area contributed by atoms with Gasteiger partial charge in [0.2, 0.25) is 0 Å². The third kappa shape index (κ3) is 2.62. The van der Waals surface area contributed by atoms with Gasteiger partial charge in [-0.15, -0.1) is 23.5 Å². The molecule has 3 nitrogen and oxygen atoms in total. The molecule has 2 amide bonds. The van der Waals surface area contributed by atoms with E-state index in [-0.39, 0.29) is 6.03 Å². The molecular weight excluding hydrogens is 264 g/mol. The summed E-state index contributed by atoms with van der Waals surface area (Å²) in [5.41, 5.74) is 2.73. The van der Waals surface area contributed by atoms with Gasteiger partial charge in [-0.25, -0.2) is 4.79 Å². The van der Waals surface area contributed by atoms with Crippen molar-refractivity contribution in [1.29, 1.82) is 0 Å². The first-order valence-corrected chi connectivity index (χ1v) is 8.41. The molecule has 0 aliphatic carbocycles. The van der Waals surface area contributed by atoms with Crippen molar-refractivity contribution in [3.63, 3.8) is 0 Å². The van der Waals surface area contributed by atoms with Crippen LogP contribution in [0.4, 0.5) is 4.79 Å². The highest BCUT2D eigenvalue weighted by molar-refractivity contribution is 7.98. The molecule has 0 N–H and O–H groups in total. The second-order valence-electron chi connectivity index (χ2n) is 4.58. The normalized spacial score (nSPS) is 20.6. The SMILES string of the molecule is O=C1N2CCN1CSCc1cccc(c1)CSC2. The molecule has 1 saturated heterocycles. The van der Waals surface area contributed by atoms with Crippen LogP contribution in [-0.4, -0.2) is 40.7 Å². The van der Waals surface area contributed by atoms with Crippen LogP contribution in [0, 0.1) is 0 Å². The summed E-state index contributed by atoms with van der Waals surface area (Å²) in [5, 5.41) is 0. The average Bonchev–Trinajstić information content (AvgIpc) is 2.72. The topological polar surface area (TPSA) is 23.6 Å². The predicted molar refractivity (Wildman–Crippen MR) is 77.6 cm³/mol. The number of urea groups is 1. The van der Waals surface area contributed by atoms with E-state index in [2.05, 4.69) is 24.3 Å². The minimum Gasteiger partial charge on any atom is -0.314 e. The van der Waals surface area contributed by atoms with Gasteiger partial charge in [-0.2, -0.15) is 0 Å². The van der Waals surface area contributed by atoms with Gasteiger partial charge in [-0.3, -0.25) is 0 Å². The number of hydrogen-bond acceptors (Lipinski definition) is 3. The van der Waals surface area contributed by atoms with E-state index in [1.165, 1.54) is 11.1 Å². The zero-order chi connectivity index (χ0) is 12.4. The van der Waals surface area contributed by atoms with Crippen molar-refractivity contribution in [1.82, 2.24) is 9.80 Å². The highest BCUT2D eigenvalue weighted by Crippen LogP contribution is 2.23. The molecule has 5 heteroatoms. The molecule has 4 bridgehead atoms. The van der Waals surface area contributed by atoms with Crippen molar-refractivity contribution in [2.45, 2.75) is 11.5 Å². The number of carbonyl (C=O) groups is 1. The Morgan fingerprint density at radius 3 is 2.06 bits per heavy atom. The second kappa shape index (κ2) is 5.45. The standard InChI is InChI=1S/C13H16N2OS2/c16-13-14-4-5-15(13)10-18-8-12-3-1-2-11(6-12)7-17-9-14/h1-3,6H,4-5,7-10H2. The monoisotopic (exact) mass is 280 g/mol. The van der Waals surface area contributed by atoms with Gasteiger partial charge in [0.1, 0.15) is 0 Å². The van der Waals surface area contributed by atoms with Crippen molar-refractivity contribution in [2.24, 2.45) is 0 Å². The second-order valence-corrected chi connectivity index (χ2v) is 6.49. The number of benzene rings is 1. The zero-order valence-corrected chi connectivity index (χ0v) is 11.8. The molecule has 0 unspecified atom stereocenters. The lowest BCUT2D eigenvalue weighted by molar-refractivity contribution is 0.203. The molecule has 0 radical (unpaired) electrons. The van der Waals surface area contributed by atoms with Gasteiger partial charge in [-0.1, -0.05) is 24.3 Å². The van der Waals surface area contributed by atoms with Crippen LogP contribution < -0.4 is 0 Å². The average molecular weight is 280 g/mol. The number of carbonyl (C=O) groups excluding carboxylic acids is 1. The molecule has 2 aliphatic heterocycles. The fourth-order valence-corrected chi connectivity index (χ4v) is 4.16. The van der Waals surface area contributed by atoms with E-state index in [4.69, 9.17) is 0 Å². The smallest absolute Gasteiger partial charge is 0.314 e. The van der Waals surface area contributed by atoms with E-state index in [9.17, 15) is 4.79 Å². The van der Waals surface area contributed by atoms with E-state index in [0.29, 0.717) is 0 Å². The molecule has 1 aromatic rings. The third-order valence-electron chi connectivity index (χ3n) is 3.20. The summed E-state index contributed by atoms with van der Waals surface area (Å²) < 4.78 is 0. The van der Waals surface area contributed by atoms with Gasteiger partial charge in [0.25, 0.3) is 0 Å². The number of hydrogen-bond donors (Lipinski definition) is 0. The van der Waals surface area contributed by atoms with E-state index in [1.807, 2.05) is 33.3 Å². The van der Waals surface area contributed by atoms with Crippen LogP contribution in [-0.2, 0) is 11.5 Å². The maximum absolute atomic E-state index is 12.1. The maximum atomic E-state index is 12.1. The Bertz CT molecular complexity index is 417. The molecule has 96 valence electrons. The summed E-state index contributed by atoms with van der Waals surface area (Å²) in [6.45, 7) is 1.76. The molecule has 0 spiro atoms. The van der Waals surface area contributed by atoms with Crippen LogP contribution in [0.15, 0.2) is 24.3 Å². The van der Waals surface area contributed by atoms with E-state index in [0.717, 1.165) is 36.3 Å². The summed E-state index contributed by atoms with van der Waals surface area (Å²) in [6, 6.07) is 8.98. The van der Waals surface area contributed by atoms with Crippen LogP contribution in [0.3, 0.4) is 0 Å². The van der Waals surface area contributed by atoms with Crippen LogP contribution in [0.25, 0.3) is 0 Å². The summed E-state index contributed by atoms with van der Waals surface area (Å²) in [4.78, 5) is 16.0. The fraction of sp³-hybridized carbons (Fsp3) is 0.462. The molecule has 3 rings (SSSR count). The highest BCUT2D eigenvalue weighted by atomic mass is 32.2. The Labute approximate surface area is 116 Å². The van der Waals surface area contributed by atoms with Crippen LogP contribution in [0.2, 0.25) is 0 Å². The predicted octanol–water partition coefficient (Wildman–Crippen LogP) is 2.82. The molecule has 2 heterocycles. The Morgan fingerprint density at radius 1 is 0.944 bits per heavy atom. The Morgan fingerprint density at radius 2 is 1.50 bits per heavy atom. The zero-order valence-electron chi connectivity index (χ0n) is 10.2. The van der Waals surface area contributed by atoms with Crippen molar-refractivity contribution in [3.05, 3.63) is 35.4 Å². The van der Waals surface area contributed by atoms with E-state index in [1.54, 1.807) is 0 Å². The molecule has 1 fully saturated rings. The molecule has 0 aromatic heterocycles. The van der Waals surface area contributed by atoms with Gasteiger partial charge in [0, 0.05) is 24.6 Å². The molecule has 2 aliphatic rings. The summed E-state index contributed by atoms with van der Waals surface area (Å²) >= 11 is 3.65. The molecule has 0 saturated carbocycles. The molecular formula is C13H16N2OS2. The van der Waals surface area contributed by atoms with Gasteiger partial charge in [0.15, 0.2) is 0 Å². The number of nitrogens with zero attached hydrogens (tertiary/aromatic N) is 2. The van der Waals surface area contributed by atoms with Gasteiger partial charge in [-0.05, 0) is 11.1 Å². The lowest BCUT2D eigenvalue weighted by atomic mass is 10.2. The maximum Gasteiger partial charge on any atom is 0.321 e. The number of rotatable bonds is 0. The number of fused-ring (bicyclic) bond motifs is 4. The van der Waals surface area contributed by atoms with Crippen molar-refractivity contribution in [2.75, 3.05) is 24.8 Å². The van der Waals surface area contributed by atoms with Crippen molar-refractivity contribution in [3.8, 4) is 0 Å². The molecule has 18 heavy (non-hydrogen) atoms. The first-order valence-electron chi connectivity index (χ1n) is 6.10. The summed E-state index contributed by atoms with van der Waals surface area (Å²) in [7, 11) is 0. The first kappa shape index (κ1) is 12.2. The largest absolute Gasteiger partial charge is 0.321 e. The summed E-state index contributed by atoms with van der Waals surface area (Å²) in [6.07, 6.45) is 0. The Balaban J connectivity index is 1.76. The number of thioether (sulfide) groups is 2. The number of amides is 2. The first-order chi connectivity index (χ1) is 8.83. The van der Waals surface area contributed by atoms with Gasteiger partial charge < -0.3 is 9.80 Å².